The number of oxazole rings is 1. The van der Waals surface area contributed by atoms with Gasteiger partial charge in [-0.25, -0.2) is 4.98 Å². The standard InChI is InChI=1S/C14H17BrN2OS/c1-10(11-7-16-9-18-11)17-8-14(5-2-6-14)12-3-4-13(15)19-12/h3-4,7,9-10,17H,2,5-6,8H2,1H3. The van der Waals surface area contributed by atoms with Gasteiger partial charge in [-0.1, -0.05) is 6.42 Å². The Kier molecular flexibility index (Phi) is 3.78. The molecule has 2 aromatic rings. The summed E-state index contributed by atoms with van der Waals surface area (Å²) in [4.78, 5) is 5.46. The van der Waals surface area contributed by atoms with E-state index in [1.165, 1.54) is 34.3 Å². The minimum absolute atomic E-state index is 0.211. The number of nitrogens with zero attached hydrogens (tertiary/aromatic N) is 1. The summed E-state index contributed by atoms with van der Waals surface area (Å²) in [6.45, 7) is 3.12. The average molecular weight is 341 g/mol. The molecule has 19 heavy (non-hydrogen) atoms. The van der Waals surface area contributed by atoms with Crippen molar-refractivity contribution in [2.24, 2.45) is 0 Å². The fourth-order valence-electron chi connectivity index (χ4n) is 2.60. The van der Waals surface area contributed by atoms with Gasteiger partial charge in [0.1, 0.15) is 5.76 Å². The Morgan fingerprint density at radius 1 is 1.53 bits per heavy atom. The third-order valence-electron chi connectivity index (χ3n) is 4.03. The highest BCUT2D eigenvalue weighted by Gasteiger charge is 2.39. The zero-order chi connectivity index (χ0) is 13.3. The monoisotopic (exact) mass is 340 g/mol. The normalized spacial score (nSPS) is 19.1. The first-order chi connectivity index (χ1) is 9.20. The van der Waals surface area contributed by atoms with Crippen LogP contribution < -0.4 is 5.32 Å². The molecule has 2 heterocycles. The highest BCUT2D eigenvalue weighted by molar-refractivity contribution is 9.11. The summed E-state index contributed by atoms with van der Waals surface area (Å²) in [6, 6.07) is 4.62. The Morgan fingerprint density at radius 3 is 2.89 bits per heavy atom. The number of halogens is 1. The van der Waals surface area contributed by atoms with E-state index in [0.29, 0.717) is 5.41 Å². The molecule has 1 N–H and O–H groups in total. The Balaban J connectivity index is 1.67. The van der Waals surface area contributed by atoms with E-state index in [1.54, 1.807) is 6.20 Å². The summed E-state index contributed by atoms with van der Waals surface area (Å²) in [6.07, 6.45) is 7.15. The zero-order valence-corrected chi connectivity index (χ0v) is 13.3. The summed E-state index contributed by atoms with van der Waals surface area (Å²) in [5.41, 5.74) is 0.324. The van der Waals surface area contributed by atoms with Gasteiger partial charge in [0.25, 0.3) is 0 Å². The Labute approximate surface area is 125 Å². The molecule has 1 saturated carbocycles. The fourth-order valence-corrected chi connectivity index (χ4v) is 4.23. The van der Waals surface area contributed by atoms with Crippen LogP contribution in [0.1, 0.15) is 42.9 Å². The van der Waals surface area contributed by atoms with E-state index in [0.717, 1.165) is 12.3 Å². The third-order valence-corrected chi connectivity index (χ3v) is 5.90. The molecule has 0 spiro atoms. The van der Waals surface area contributed by atoms with E-state index in [1.807, 2.05) is 11.3 Å². The predicted molar refractivity (Wildman–Crippen MR) is 80.5 cm³/mol. The van der Waals surface area contributed by atoms with Gasteiger partial charge < -0.3 is 9.73 Å². The Hall–Kier alpha value is -0.650. The maximum atomic E-state index is 5.34. The molecule has 1 aliphatic rings. The van der Waals surface area contributed by atoms with E-state index in [9.17, 15) is 0 Å². The summed E-state index contributed by atoms with van der Waals surface area (Å²) >= 11 is 5.42. The van der Waals surface area contributed by atoms with Crippen molar-refractivity contribution in [2.75, 3.05) is 6.54 Å². The second-order valence-electron chi connectivity index (χ2n) is 5.24. The number of thiophene rings is 1. The molecule has 0 aromatic carbocycles. The van der Waals surface area contributed by atoms with Crippen molar-refractivity contribution in [3.63, 3.8) is 0 Å². The van der Waals surface area contributed by atoms with Gasteiger partial charge in [0, 0.05) is 16.8 Å². The van der Waals surface area contributed by atoms with Crippen LogP contribution in [0.3, 0.4) is 0 Å². The largest absolute Gasteiger partial charge is 0.447 e. The van der Waals surface area contributed by atoms with Crippen LogP contribution in [-0.2, 0) is 5.41 Å². The van der Waals surface area contributed by atoms with Crippen LogP contribution in [0.5, 0.6) is 0 Å². The van der Waals surface area contributed by atoms with Crippen molar-refractivity contribution in [2.45, 2.75) is 37.6 Å². The van der Waals surface area contributed by atoms with Gasteiger partial charge in [0.15, 0.2) is 6.39 Å². The molecule has 0 saturated heterocycles. The van der Waals surface area contributed by atoms with Crippen LogP contribution in [-0.4, -0.2) is 11.5 Å². The maximum Gasteiger partial charge on any atom is 0.180 e. The quantitative estimate of drug-likeness (QED) is 0.883. The van der Waals surface area contributed by atoms with Crippen molar-refractivity contribution in [3.8, 4) is 0 Å². The highest BCUT2D eigenvalue weighted by atomic mass is 79.9. The molecule has 3 nitrogen and oxygen atoms in total. The highest BCUT2D eigenvalue weighted by Crippen LogP contribution is 2.46. The number of nitrogens with one attached hydrogen (secondary N) is 1. The van der Waals surface area contributed by atoms with Crippen molar-refractivity contribution in [1.29, 1.82) is 0 Å². The van der Waals surface area contributed by atoms with E-state index in [-0.39, 0.29) is 6.04 Å². The molecule has 1 aliphatic carbocycles. The molecule has 5 heteroatoms. The molecule has 0 aliphatic heterocycles. The first kappa shape index (κ1) is 13.3. The minimum Gasteiger partial charge on any atom is -0.447 e. The van der Waals surface area contributed by atoms with E-state index >= 15 is 0 Å². The SMILES string of the molecule is CC(NCC1(c2ccc(Br)s2)CCC1)c1cnco1. The minimum atomic E-state index is 0.211. The smallest absolute Gasteiger partial charge is 0.180 e. The lowest BCUT2D eigenvalue weighted by atomic mass is 9.67. The average Bonchev–Trinajstić information content (AvgIpc) is 2.98. The molecule has 2 aromatic heterocycles. The molecule has 0 bridgehead atoms. The second-order valence-corrected chi connectivity index (χ2v) is 7.71. The molecule has 1 fully saturated rings. The second kappa shape index (κ2) is 5.38. The van der Waals surface area contributed by atoms with Crippen LogP contribution in [0.15, 0.2) is 32.9 Å². The lowest BCUT2D eigenvalue weighted by Gasteiger charge is -2.42. The number of hydrogen-bond donors (Lipinski definition) is 1. The summed E-state index contributed by atoms with van der Waals surface area (Å²) < 4.78 is 6.56. The maximum absolute atomic E-state index is 5.34. The number of aromatic nitrogens is 1. The summed E-state index contributed by atoms with van der Waals surface area (Å²) in [5.74, 6) is 0.904. The van der Waals surface area contributed by atoms with Gasteiger partial charge >= 0.3 is 0 Å². The van der Waals surface area contributed by atoms with Gasteiger partial charge in [-0.15, -0.1) is 11.3 Å². The van der Waals surface area contributed by atoms with Gasteiger partial charge in [-0.2, -0.15) is 0 Å². The lowest BCUT2D eigenvalue weighted by molar-refractivity contribution is 0.228. The third kappa shape index (κ3) is 2.64. The molecular formula is C14H17BrN2OS. The lowest BCUT2D eigenvalue weighted by Crippen LogP contribution is -2.43. The van der Waals surface area contributed by atoms with E-state index in [4.69, 9.17) is 4.42 Å². The van der Waals surface area contributed by atoms with Crippen LogP contribution in [0.4, 0.5) is 0 Å². The van der Waals surface area contributed by atoms with Gasteiger partial charge in [0.2, 0.25) is 0 Å². The van der Waals surface area contributed by atoms with Crippen molar-refractivity contribution in [3.05, 3.63) is 39.1 Å². The molecule has 1 atom stereocenters. The molecular weight excluding hydrogens is 324 g/mol. The van der Waals surface area contributed by atoms with E-state index < -0.39 is 0 Å². The first-order valence-corrected chi connectivity index (χ1v) is 8.18. The van der Waals surface area contributed by atoms with Crippen LogP contribution in [0.25, 0.3) is 0 Å². The van der Waals surface area contributed by atoms with Crippen LogP contribution >= 0.6 is 27.3 Å². The topological polar surface area (TPSA) is 38.1 Å². The summed E-state index contributed by atoms with van der Waals surface area (Å²) in [5, 5.41) is 3.59. The van der Waals surface area contributed by atoms with Gasteiger partial charge in [-0.3, -0.25) is 0 Å². The zero-order valence-electron chi connectivity index (χ0n) is 10.9. The van der Waals surface area contributed by atoms with Crippen LogP contribution in [0, 0.1) is 0 Å². The van der Waals surface area contributed by atoms with Gasteiger partial charge in [-0.05, 0) is 47.8 Å². The fraction of sp³-hybridized carbons (Fsp3) is 0.500. The first-order valence-electron chi connectivity index (χ1n) is 6.57. The van der Waals surface area contributed by atoms with E-state index in [2.05, 4.69) is 45.3 Å². The number of hydrogen-bond acceptors (Lipinski definition) is 4. The molecule has 3 rings (SSSR count). The van der Waals surface area contributed by atoms with Crippen LogP contribution in [0.2, 0.25) is 0 Å². The predicted octanol–water partition coefficient (Wildman–Crippen LogP) is 4.27. The number of rotatable bonds is 5. The summed E-state index contributed by atoms with van der Waals surface area (Å²) in [7, 11) is 0. The Morgan fingerprint density at radius 2 is 2.37 bits per heavy atom. The molecule has 1 unspecified atom stereocenters. The molecule has 0 radical (unpaired) electrons. The molecule has 102 valence electrons. The molecule has 0 amide bonds. The Bertz CT molecular complexity index is 533. The van der Waals surface area contributed by atoms with Crippen molar-refractivity contribution < 1.29 is 4.42 Å². The van der Waals surface area contributed by atoms with Crippen molar-refractivity contribution >= 4 is 27.3 Å². The van der Waals surface area contributed by atoms with Gasteiger partial charge in [0.05, 0.1) is 16.0 Å². The van der Waals surface area contributed by atoms with Crippen molar-refractivity contribution in [1.82, 2.24) is 10.3 Å².